The highest BCUT2D eigenvalue weighted by atomic mass is 16.4. The van der Waals surface area contributed by atoms with E-state index in [1.54, 1.807) is 7.05 Å². The van der Waals surface area contributed by atoms with Gasteiger partial charge in [-0.3, -0.25) is 9.59 Å². The van der Waals surface area contributed by atoms with Crippen LogP contribution in [0.3, 0.4) is 0 Å². The fourth-order valence-corrected chi connectivity index (χ4v) is 1.85. The van der Waals surface area contributed by atoms with Gasteiger partial charge in [0, 0.05) is 13.1 Å². The maximum atomic E-state index is 11.9. The van der Waals surface area contributed by atoms with Crippen LogP contribution in [0.2, 0.25) is 0 Å². The van der Waals surface area contributed by atoms with E-state index >= 15 is 0 Å². The summed E-state index contributed by atoms with van der Waals surface area (Å²) >= 11 is 0. The van der Waals surface area contributed by atoms with Crippen molar-refractivity contribution in [3.05, 3.63) is 35.9 Å². The third-order valence-corrected chi connectivity index (χ3v) is 3.09. The summed E-state index contributed by atoms with van der Waals surface area (Å²) in [5.41, 5.74) is 6.70. The molecule has 0 unspecified atom stereocenters. The number of likely N-dealkylation sites (N-methyl/N-ethyl adjacent to an activating group) is 1. The first-order chi connectivity index (χ1) is 8.91. The molecule has 1 amide bonds. The smallest absolute Gasteiger partial charge is 0.305 e. The number of nitrogens with two attached hydrogens (primary N) is 1. The van der Waals surface area contributed by atoms with Crippen LogP contribution >= 0.6 is 0 Å². The van der Waals surface area contributed by atoms with Gasteiger partial charge in [0.15, 0.2) is 0 Å². The maximum absolute atomic E-state index is 11.9. The molecule has 0 aromatic heterocycles. The number of hydrogen-bond acceptors (Lipinski definition) is 3. The third kappa shape index (κ3) is 4.71. The van der Waals surface area contributed by atoms with E-state index in [1.807, 2.05) is 37.3 Å². The van der Waals surface area contributed by atoms with E-state index in [-0.39, 0.29) is 18.4 Å². The Morgan fingerprint density at radius 3 is 2.42 bits per heavy atom. The molecule has 0 saturated carbocycles. The number of carbonyl (C=O) groups excluding carboxylic acids is 1. The van der Waals surface area contributed by atoms with Crippen LogP contribution in [0, 0.1) is 0 Å². The summed E-state index contributed by atoms with van der Waals surface area (Å²) in [6.07, 6.45) is 0.365. The van der Waals surface area contributed by atoms with Crippen LogP contribution in [0.4, 0.5) is 0 Å². The SMILES string of the molecule is C[C@@H](Cc1ccccc1)N(C)C(=O)[C@H](N)CC(=O)O. The molecule has 0 aliphatic heterocycles. The standard InChI is InChI=1S/C14H20N2O3/c1-10(8-11-6-4-3-5-7-11)16(2)14(19)12(15)9-13(17)18/h3-7,10,12H,8-9,15H2,1-2H3,(H,17,18)/t10-,12+/m0/s1. The lowest BCUT2D eigenvalue weighted by atomic mass is 10.1. The Hall–Kier alpha value is -1.88. The lowest BCUT2D eigenvalue weighted by Crippen LogP contribution is -2.47. The summed E-state index contributed by atoms with van der Waals surface area (Å²) in [4.78, 5) is 24.0. The number of aliphatic carboxylic acids is 1. The number of carboxylic acid groups (broad SMARTS) is 1. The summed E-state index contributed by atoms with van der Waals surface area (Å²) in [5, 5.41) is 8.64. The van der Waals surface area contributed by atoms with Crippen LogP contribution in [0.1, 0.15) is 18.9 Å². The second-order valence-corrected chi connectivity index (χ2v) is 4.69. The Kier molecular flexibility index (Phi) is 5.51. The molecule has 0 heterocycles. The van der Waals surface area contributed by atoms with Gasteiger partial charge in [-0.2, -0.15) is 0 Å². The van der Waals surface area contributed by atoms with Gasteiger partial charge in [-0.05, 0) is 18.9 Å². The van der Waals surface area contributed by atoms with Crippen LogP contribution in [0.25, 0.3) is 0 Å². The van der Waals surface area contributed by atoms with Gasteiger partial charge in [0.2, 0.25) is 5.91 Å². The fraction of sp³-hybridized carbons (Fsp3) is 0.429. The quantitative estimate of drug-likeness (QED) is 0.799. The van der Waals surface area contributed by atoms with Gasteiger partial charge in [-0.15, -0.1) is 0 Å². The first-order valence-electron chi connectivity index (χ1n) is 6.19. The van der Waals surface area contributed by atoms with Gasteiger partial charge in [0.1, 0.15) is 0 Å². The predicted octanol–water partition coefficient (Wildman–Crippen LogP) is 0.878. The highest BCUT2D eigenvalue weighted by Gasteiger charge is 2.23. The average molecular weight is 264 g/mol. The minimum Gasteiger partial charge on any atom is -0.481 e. The van der Waals surface area contributed by atoms with Gasteiger partial charge in [0.25, 0.3) is 0 Å². The Morgan fingerprint density at radius 1 is 1.32 bits per heavy atom. The van der Waals surface area contributed by atoms with Crippen molar-refractivity contribution in [2.45, 2.75) is 31.8 Å². The van der Waals surface area contributed by atoms with Gasteiger partial charge >= 0.3 is 5.97 Å². The zero-order chi connectivity index (χ0) is 14.4. The van der Waals surface area contributed by atoms with Crippen molar-refractivity contribution in [1.29, 1.82) is 0 Å². The minimum absolute atomic E-state index is 0.0326. The molecule has 1 rings (SSSR count). The molecule has 19 heavy (non-hydrogen) atoms. The van der Waals surface area contributed by atoms with Crippen molar-refractivity contribution in [2.24, 2.45) is 5.73 Å². The molecule has 5 nitrogen and oxygen atoms in total. The number of benzene rings is 1. The van der Waals surface area contributed by atoms with E-state index in [0.29, 0.717) is 6.42 Å². The van der Waals surface area contributed by atoms with Crippen molar-refractivity contribution >= 4 is 11.9 Å². The molecule has 5 heteroatoms. The van der Waals surface area contributed by atoms with E-state index in [0.717, 1.165) is 5.56 Å². The van der Waals surface area contributed by atoms with Crippen molar-refractivity contribution in [3.8, 4) is 0 Å². The molecule has 1 aromatic carbocycles. The van der Waals surface area contributed by atoms with E-state index in [9.17, 15) is 9.59 Å². The third-order valence-electron chi connectivity index (χ3n) is 3.09. The Morgan fingerprint density at radius 2 is 1.89 bits per heavy atom. The first kappa shape index (κ1) is 15.2. The normalized spacial score (nSPS) is 13.6. The molecule has 0 saturated heterocycles. The lowest BCUT2D eigenvalue weighted by molar-refractivity contribution is -0.142. The van der Waals surface area contributed by atoms with Crippen molar-refractivity contribution in [2.75, 3.05) is 7.05 Å². The second-order valence-electron chi connectivity index (χ2n) is 4.69. The molecule has 1 aromatic rings. The molecule has 2 atom stereocenters. The fourth-order valence-electron chi connectivity index (χ4n) is 1.85. The average Bonchev–Trinajstić information content (AvgIpc) is 2.37. The zero-order valence-corrected chi connectivity index (χ0v) is 11.2. The molecule has 0 aliphatic carbocycles. The number of nitrogens with zero attached hydrogens (tertiary/aromatic N) is 1. The van der Waals surface area contributed by atoms with E-state index < -0.39 is 12.0 Å². The Labute approximate surface area is 113 Å². The van der Waals surface area contributed by atoms with Gasteiger partial charge in [0.05, 0.1) is 12.5 Å². The monoisotopic (exact) mass is 264 g/mol. The summed E-state index contributed by atoms with van der Waals surface area (Å²) in [7, 11) is 1.65. The number of rotatable bonds is 6. The predicted molar refractivity (Wildman–Crippen MR) is 72.6 cm³/mol. The number of amides is 1. The number of carbonyl (C=O) groups is 2. The van der Waals surface area contributed by atoms with Crippen LogP contribution in [0.5, 0.6) is 0 Å². The Balaban J connectivity index is 2.59. The summed E-state index contributed by atoms with van der Waals surface area (Å²) in [5.74, 6) is -1.41. The van der Waals surface area contributed by atoms with E-state index in [2.05, 4.69) is 0 Å². The van der Waals surface area contributed by atoms with E-state index in [4.69, 9.17) is 10.8 Å². The molecule has 0 aliphatic rings. The molecule has 0 radical (unpaired) electrons. The molecule has 0 spiro atoms. The molecular formula is C14H20N2O3. The van der Waals surface area contributed by atoms with Crippen molar-refractivity contribution in [3.63, 3.8) is 0 Å². The lowest BCUT2D eigenvalue weighted by Gasteiger charge is -2.27. The second kappa shape index (κ2) is 6.89. The Bertz CT molecular complexity index is 434. The molecular weight excluding hydrogens is 244 g/mol. The number of carboxylic acids is 1. The summed E-state index contributed by atoms with van der Waals surface area (Å²) in [6, 6.07) is 8.79. The molecule has 3 N–H and O–H groups in total. The van der Waals surface area contributed by atoms with Gasteiger partial charge < -0.3 is 15.7 Å². The van der Waals surface area contributed by atoms with Gasteiger partial charge in [-0.1, -0.05) is 30.3 Å². The highest BCUT2D eigenvalue weighted by Crippen LogP contribution is 2.09. The van der Waals surface area contributed by atoms with Crippen LogP contribution in [0.15, 0.2) is 30.3 Å². The minimum atomic E-state index is -1.06. The summed E-state index contributed by atoms with van der Waals surface area (Å²) < 4.78 is 0. The molecule has 0 bridgehead atoms. The van der Waals surface area contributed by atoms with Crippen molar-refractivity contribution in [1.82, 2.24) is 4.90 Å². The largest absolute Gasteiger partial charge is 0.481 e. The maximum Gasteiger partial charge on any atom is 0.305 e. The zero-order valence-electron chi connectivity index (χ0n) is 11.2. The van der Waals surface area contributed by atoms with E-state index in [1.165, 1.54) is 4.90 Å². The highest BCUT2D eigenvalue weighted by molar-refractivity contribution is 5.86. The van der Waals surface area contributed by atoms with Crippen LogP contribution in [-0.4, -0.2) is 41.0 Å². The first-order valence-corrected chi connectivity index (χ1v) is 6.19. The topological polar surface area (TPSA) is 83.6 Å². The number of hydrogen-bond donors (Lipinski definition) is 2. The van der Waals surface area contributed by atoms with Crippen molar-refractivity contribution < 1.29 is 14.7 Å². The molecule has 0 fully saturated rings. The molecule has 104 valence electrons. The van der Waals surface area contributed by atoms with Crippen LogP contribution < -0.4 is 5.73 Å². The van der Waals surface area contributed by atoms with Crippen LogP contribution in [-0.2, 0) is 16.0 Å². The summed E-state index contributed by atoms with van der Waals surface area (Å²) in [6.45, 7) is 1.92. The van der Waals surface area contributed by atoms with Gasteiger partial charge in [-0.25, -0.2) is 0 Å².